The van der Waals surface area contributed by atoms with Crippen molar-refractivity contribution < 1.29 is 27.5 Å². The zero-order chi connectivity index (χ0) is 28.4. The fraction of sp³-hybridized carbons (Fsp3) is 0.393. The van der Waals surface area contributed by atoms with Crippen LogP contribution in [0.5, 0.6) is 5.88 Å². The molecule has 1 aromatic carbocycles. The topological polar surface area (TPSA) is 139 Å². The standard InChI is InChI=1S/C28H31N5O6S/c1-18(2)14-22(31-28(36)39-25-10-9-20-7-3-4-8-21(20)30-25)27(35)32-13-11-23-26(32)24(34)16-33(23)40(37,38)17-19-6-5-12-29-15-19/h3-10,12,15,18,22-23,26H,11,13-14,16-17H2,1-2H3,(H,31,36). The monoisotopic (exact) mass is 565 g/mol. The summed E-state index contributed by atoms with van der Waals surface area (Å²) in [7, 11) is -3.82. The van der Waals surface area contributed by atoms with E-state index in [1.54, 1.807) is 36.5 Å². The van der Waals surface area contributed by atoms with Crippen molar-refractivity contribution in [3.05, 3.63) is 66.5 Å². The van der Waals surface area contributed by atoms with Gasteiger partial charge in [-0.05, 0) is 42.5 Å². The molecule has 3 atom stereocenters. The molecule has 3 unspecified atom stereocenters. The molecule has 0 radical (unpaired) electrons. The van der Waals surface area contributed by atoms with Crippen LogP contribution in [0.25, 0.3) is 10.9 Å². The van der Waals surface area contributed by atoms with Crippen molar-refractivity contribution in [1.29, 1.82) is 0 Å². The quantitative estimate of drug-likeness (QED) is 0.440. The van der Waals surface area contributed by atoms with Gasteiger partial charge in [0.05, 0.1) is 23.9 Å². The number of benzene rings is 1. The van der Waals surface area contributed by atoms with Crippen LogP contribution in [-0.2, 0) is 25.4 Å². The molecule has 1 N–H and O–H groups in total. The first kappa shape index (κ1) is 27.7. The molecule has 2 fully saturated rings. The first-order valence-corrected chi connectivity index (χ1v) is 14.8. The van der Waals surface area contributed by atoms with Crippen molar-refractivity contribution in [3.63, 3.8) is 0 Å². The number of Topliss-reactive ketones (excluding diaryl/α,β-unsaturated/α-hetero) is 1. The van der Waals surface area contributed by atoms with Crippen LogP contribution in [-0.4, -0.2) is 76.6 Å². The number of rotatable bonds is 8. The third-order valence-corrected chi connectivity index (χ3v) is 8.97. The van der Waals surface area contributed by atoms with Crippen LogP contribution in [0.4, 0.5) is 4.79 Å². The summed E-state index contributed by atoms with van der Waals surface area (Å²) in [5, 5.41) is 3.54. The third-order valence-electron chi connectivity index (χ3n) is 7.16. The molecule has 2 saturated heterocycles. The van der Waals surface area contributed by atoms with E-state index in [4.69, 9.17) is 4.74 Å². The average Bonchev–Trinajstić information content (AvgIpc) is 3.49. The number of ketones is 1. The lowest BCUT2D eigenvalue weighted by Gasteiger charge is -2.28. The average molecular weight is 566 g/mol. The van der Waals surface area contributed by atoms with Crippen LogP contribution < -0.4 is 10.1 Å². The highest BCUT2D eigenvalue weighted by molar-refractivity contribution is 7.88. The van der Waals surface area contributed by atoms with Gasteiger partial charge in [-0.15, -0.1) is 0 Å². The van der Waals surface area contributed by atoms with Crippen LogP contribution in [0.3, 0.4) is 0 Å². The Morgan fingerprint density at radius 2 is 1.93 bits per heavy atom. The Bertz CT molecular complexity index is 1530. The molecule has 3 aromatic rings. The Hall–Kier alpha value is -3.90. The van der Waals surface area contributed by atoms with Gasteiger partial charge in [-0.25, -0.2) is 18.2 Å². The third kappa shape index (κ3) is 5.82. The number of ether oxygens (including phenoxy) is 1. The SMILES string of the molecule is CC(C)CC(NC(=O)Oc1ccc2ccccc2n1)C(=O)N1CCC2C1C(=O)CN2S(=O)(=O)Cc1cccnc1. The van der Waals surface area contributed by atoms with E-state index in [-0.39, 0.29) is 36.4 Å². The summed E-state index contributed by atoms with van der Waals surface area (Å²) in [6, 6.07) is 11.6. The van der Waals surface area contributed by atoms with Crippen molar-refractivity contribution in [2.24, 2.45) is 5.92 Å². The molecule has 0 saturated carbocycles. The number of carbonyl (C=O) groups excluding carboxylic acids is 3. The minimum atomic E-state index is -3.82. The van der Waals surface area contributed by atoms with Crippen molar-refractivity contribution in [3.8, 4) is 5.88 Å². The highest BCUT2D eigenvalue weighted by Crippen LogP contribution is 2.33. The van der Waals surface area contributed by atoms with Crippen molar-refractivity contribution in [1.82, 2.24) is 24.5 Å². The lowest BCUT2D eigenvalue weighted by Crippen LogP contribution is -2.53. The summed E-state index contributed by atoms with van der Waals surface area (Å²) >= 11 is 0. The summed E-state index contributed by atoms with van der Waals surface area (Å²) in [6.07, 6.45) is 2.84. The maximum absolute atomic E-state index is 13.7. The molecule has 40 heavy (non-hydrogen) atoms. The van der Waals surface area contributed by atoms with Gasteiger partial charge in [0.25, 0.3) is 0 Å². The van der Waals surface area contributed by atoms with Gasteiger partial charge < -0.3 is 15.0 Å². The van der Waals surface area contributed by atoms with Gasteiger partial charge >= 0.3 is 6.09 Å². The van der Waals surface area contributed by atoms with E-state index in [1.165, 1.54) is 15.4 Å². The maximum Gasteiger partial charge on any atom is 0.414 e. The molecule has 0 spiro atoms. The van der Waals surface area contributed by atoms with E-state index in [0.29, 0.717) is 23.9 Å². The lowest BCUT2D eigenvalue weighted by atomic mass is 10.0. The molecular formula is C28H31N5O6S. The second kappa shape index (κ2) is 11.3. The molecule has 210 valence electrons. The normalized spacial score (nSPS) is 20.1. The number of nitrogens with one attached hydrogen (secondary N) is 1. The molecule has 5 rings (SSSR count). The molecule has 2 aliphatic heterocycles. The van der Waals surface area contributed by atoms with E-state index < -0.39 is 40.1 Å². The van der Waals surface area contributed by atoms with Crippen LogP contribution >= 0.6 is 0 Å². The minimum absolute atomic E-state index is 0.0436. The van der Waals surface area contributed by atoms with E-state index >= 15 is 0 Å². The first-order valence-electron chi connectivity index (χ1n) is 13.2. The number of pyridine rings is 2. The number of amides is 2. The Labute approximate surface area is 232 Å². The maximum atomic E-state index is 13.7. The number of hydrogen-bond acceptors (Lipinski definition) is 8. The van der Waals surface area contributed by atoms with Gasteiger partial charge in [-0.3, -0.25) is 14.6 Å². The highest BCUT2D eigenvalue weighted by atomic mass is 32.2. The molecular weight excluding hydrogens is 534 g/mol. The van der Waals surface area contributed by atoms with Gasteiger partial charge in [-0.1, -0.05) is 38.1 Å². The van der Waals surface area contributed by atoms with Crippen LogP contribution in [0, 0.1) is 5.92 Å². The number of sulfonamides is 1. The predicted octanol–water partition coefficient (Wildman–Crippen LogP) is 2.52. The Morgan fingerprint density at radius 1 is 1.12 bits per heavy atom. The highest BCUT2D eigenvalue weighted by Gasteiger charge is 2.54. The summed E-state index contributed by atoms with van der Waals surface area (Å²) in [5.74, 6) is -0.922. The zero-order valence-corrected chi connectivity index (χ0v) is 23.1. The first-order chi connectivity index (χ1) is 19.1. The fourth-order valence-corrected chi connectivity index (χ4v) is 7.14. The van der Waals surface area contributed by atoms with E-state index in [2.05, 4.69) is 15.3 Å². The zero-order valence-electron chi connectivity index (χ0n) is 22.3. The van der Waals surface area contributed by atoms with Gasteiger partial charge in [0.15, 0.2) is 5.78 Å². The van der Waals surface area contributed by atoms with Crippen LogP contribution in [0.1, 0.15) is 32.3 Å². The van der Waals surface area contributed by atoms with E-state index in [9.17, 15) is 22.8 Å². The van der Waals surface area contributed by atoms with E-state index in [1.807, 2.05) is 32.0 Å². The Kier molecular flexibility index (Phi) is 7.81. The molecule has 2 aromatic heterocycles. The Balaban J connectivity index is 1.29. The van der Waals surface area contributed by atoms with Crippen molar-refractivity contribution in [2.45, 2.75) is 50.6 Å². The number of fused-ring (bicyclic) bond motifs is 2. The predicted molar refractivity (Wildman–Crippen MR) is 147 cm³/mol. The van der Waals surface area contributed by atoms with Gasteiger partial charge in [0.1, 0.15) is 12.1 Å². The molecule has 4 heterocycles. The summed E-state index contributed by atoms with van der Waals surface area (Å²) in [4.78, 5) is 49.3. The molecule has 0 bridgehead atoms. The molecule has 2 aliphatic rings. The number of likely N-dealkylation sites (tertiary alicyclic amines) is 1. The van der Waals surface area contributed by atoms with Crippen molar-refractivity contribution >= 4 is 38.7 Å². The number of hydrogen-bond donors (Lipinski definition) is 1. The molecule has 12 heteroatoms. The molecule has 0 aliphatic carbocycles. The lowest BCUT2D eigenvalue weighted by molar-refractivity contribution is -0.138. The number of carbonyl (C=O) groups is 3. The molecule has 11 nitrogen and oxygen atoms in total. The van der Waals surface area contributed by atoms with Crippen molar-refractivity contribution in [2.75, 3.05) is 13.1 Å². The van der Waals surface area contributed by atoms with Gasteiger partial charge in [-0.2, -0.15) is 4.31 Å². The van der Waals surface area contributed by atoms with Gasteiger partial charge in [0, 0.05) is 30.4 Å². The van der Waals surface area contributed by atoms with Crippen LogP contribution in [0.2, 0.25) is 0 Å². The number of aromatic nitrogens is 2. The number of nitrogens with zero attached hydrogens (tertiary/aromatic N) is 4. The summed E-state index contributed by atoms with van der Waals surface area (Å²) in [6.45, 7) is 3.74. The van der Waals surface area contributed by atoms with Gasteiger partial charge in [0.2, 0.25) is 21.8 Å². The smallest absolute Gasteiger partial charge is 0.391 e. The largest absolute Gasteiger partial charge is 0.414 e. The summed E-state index contributed by atoms with van der Waals surface area (Å²) < 4.78 is 33.0. The van der Waals surface area contributed by atoms with Crippen LogP contribution in [0.15, 0.2) is 60.9 Å². The number of para-hydroxylation sites is 1. The minimum Gasteiger partial charge on any atom is -0.391 e. The molecule has 2 amide bonds. The fourth-order valence-electron chi connectivity index (χ4n) is 5.42. The Morgan fingerprint density at radius 3 is 2.67 bits per heavy atom. The second-order valence-electron chi connectivity index (χ2n) is 10.5. The second-order valence-corrected chi connectivity index (χ2v) is 12.4. The van der Waals surface area contributed by atoms with E-state index in [0.717, 1.165) is 5.39 Å². The summed E-state index contributed by atoms with van der Waals surface area (Å²) in [5.41, 5.74) is 1.18.